The van der Waals surface area contributed by atoms with E-state index in [0.29, 0.717) is 49.7 Å². The van der Waals surface area contributed by atoms with Crippen LogP contribution in [0.3, 0.4) is 0 Å². The van der Waals surface area contributed by atoms with Crippen LogP contribution in [0.5, 0.6) is 16.7 Å². The Balaban J connectivity index is 1.33. The first-order chi connectivity index (χ1) is 18.7. The van der Waals surface area contributed by atoms with Crippen molar-refractivity contribution in [3.05, 3.63) is 40.0 Å². The second kappa shape index (κ2) is 9.66. The second-order valence-corrected chi connectivity index (χ2v) is 10.7. The van der Waals surface area contributed by atoms with Crippen LogP contribution in [-0.2, 0) is 23.1 Å². The van der Waals surface area contributed by atoms with Gasteiger partial charge in [-0.3, -0.25) is 0 Å². The Labute approximate surface area is 226 Å². The number of imidazole rings is 1. The molecular weight excluding hydrogens is 561 g/mol. The number of halogens is 3. The highest BCUT2D eigenvalue weighted by molar-refractivity contribution is 7.18. The largest absolute Gasteiger partial charge is 0.496 e. The minimum Gasteiger partial charge on any atom is -0.496 e. The molecule has 1 aliphatic heterocycles. The summed E-state index contributed by atoms with van der Waals surface area (Å²) in [6.45, 7) is 0.00299. The predicted molar refractivity (Wildman–Crippen MR) is 135 cm³/mol. The fourth-order valence-electron chi connectivity index (χ4n) is 4.27. The van der Waals surface area contributed by atoms with Crippen LogP contribution in [-0.4, -0.2) is 52.1 Å². The van der Waals surface area contributed by atoms with Crippen LogP contribution in [0.4, 0.5) is 13.2 Å². The van der Waals surface area contributed by atoms with Gasteiger partial charge in [-0.2, -0.15) is 13.2 Å². The van der Waals surface area contributed by atoms with Crippen molar-refractivity contribution in [1.29, 1.82) is 0 Å². The Morgan fingerprint density at radius 2 is 1.90 bits per heavy atom. The average molecular weight is 583 g/mol. The highest BCUT2D eigenvalue weighted by Crippen LogP contribution is 2.43. The van der Waals surface area contributed by atoms with Gasteiger partial charge in [0, 0.05) is 38.2 Å². The van der Waals surface area contributed by atoms with Gasteiger partial charge in [0.15, 0.2) is 5.76 Å². The van der Waals surface area contributed by atoms with Gasteiger partial charge in [-0.25, -0.2) is 14.5 Å². The lowest BCUT2D eigenvalue weighted by atomic mass is 9.95. The lowest BCUT2D eigenvalue weighted by Gasteiger charge is -2.29. The van der Waals surface area contributed by atoms with Crippen LogP contribution < -0.4 is 14.2 Å². The summed E-state index contributed by atoms with van der Waals surface area (Å²) in [6.07, 6.45) is -2.65. The number of rotatable bonds is 7. The molecular formula is C24H21F3N4O6S2. The molecule has 0 spiro atoms. The number of hydrogen-bond donors (Lipinski definition) is 1. The van der Waals surface area contributed by atoms with Crippen LogP contribution >= 0.6 is 22.7 Å². The third-order valence-electron chi connectivity index (χ3n) is 6.30. The number of thiazole rings is 1. The summed E-state index contributed by atoms with van der Waals surface area (Å²) in [6, 6.07) is 4.90. The molecule has 0 atom stereocenters. The smallest absolute Gasteiger partial charge is 0.427 e. The zero-order valence-corrected chi connectivity index (χ0v) is 22.2. The number of aromatic nitrogens is 4. The zero-order valence-electron chi connectivity index (χ0n) is 20.6. The Bertz CT molecular complexity index is 1620. The van der Waals surface area contributed by atoms with Gasteiger partial charge in [-0.15, -0.1) is 16.4 Å². The van der Waals surface area contributed by atoms with E-state index in [1.807, 2.05) is 0 Å². The van der Waals surface area contributed by atoms with Crippen LogP contribution in [0.2, 0.25) is 0 Å². The van der Waals surface area contributed by atoms with E-state index in [4.69, 9.17) is 23.4 Å². The molecule has 10 nitrogen and oxygen atoms in total. The number of aliphatic hydroxyl groups is 1. The van der Waals surface area contributed by atoms with E-state index in [9.17, 15) is 18.3 Å². The Morgan fingerprint density at radius 3 is 2.59 bits per heavy atom. The summed E-state index contributed by atoms with van der Waals surface area (Å²) in [5.41, 5.74) is -0.879. The standard InChI is InChI=1S/C24H21F3N4O6S2/c1-33-12-7-16(13-9-18(37-17(13)8-12)14-10-31-21(29-14)39-22(30-31)34-2)36-11-15-19(24(25,26)27)38-20(28-15)23(32)3-5-35-6-4-23/h7-10,32H,3-6,11H2,1-2H3. The maximum absolute atomic E-state index is 13.9. The number of ether oxygens (including phenoxy) is 4. The average Bonchev–Trinajstić information content (AvgIpc) is 3.68. The van der Waals surface area contributed by atoms with Crippen molar-refractivity contribution in [3.63, 3.8) is 0 Å². The Kier molecular flexibility index (Phi) is 6.40. The van der Waals surface area contributed by atoms with Crippen molar-refractivity contribution < 1.29 is 41.6 Å². The first-order valence-corrected chi connectivity index (χ1v) is 13.3. The van der Waals surface area contributed by atoms with E-state index >= 15 is 0 Å². The van der Waals surface area contributed by atoms with Crippen LogP contribution in [0.15, 0.2) is 28.8 Å². The summed E-state index contributed by atoms with van der Waals surface area (Å²) in [5, 5.41) is 16.2. The van der Waals surface area contributed by atoms with Crippen LogP contribution in [0.25, 0.3) is 27.4 Å². The summed E-state index contributed by atoms with van der Waals surface area (Å²) in [5.74, 6) is 1.04. The van der Waals surface area contributed by atoms with Crippen molar-refractivity contribution in [2.45, 2.75) is 31.2 Å². The van der Waals surface area contributed by atoms with Gasteiger partial charge >= 0.3 is 6.18 Å². The van der Waals surface area contributed by atoms with Crippen molar-refractivity contribution in [2.75, 3.05) is 27.4 Å². The molecule has 1 aromatic carbocycles. The molecule has 1 fully saturated rings. The summed E-state index contributed by atoms with van der Waals surface area (Å²) in [4.78, 5) is 8.38. The Hall–Kier alpha value is -3.40. The van der Waals surface area contributed by atoms with Crippen molar-refractivity contribution in [2.24, 2.45) is 0 Å². The molecule has 5 aromatic rings. The highest BCUT2D eigenvalue weighted by Gasteiger charge is 2.42. The first kappa shape index (κ1) is 25.9. The maximum atomic E-state index is 13.9. The number of alkyl halides is 3. The number of hydrogen-bond acceptors (Lipinski definition) is 11. The van der Waals surface area contributed by atoms with Crippen molar-refractivity contribution in [1.82, 2.24) is 19.6 Å². The molecule has 206 valence electrons. The predicted octanol–water partition coefficient (Wildman–Crippen LogP) is 5.27. The van der Waals surface area contributed by atoms with Gasteiger partial charge in [0.1, 0.15) is 50.6 Å². The van der Waals surface area contributed by atoms with Gasteiger partial charge in [-0.05, 0) is 17.4 Å². The molecule has 0 amide bonds. The summed E-state index contributed by atoms with van der Waals surface area (Å²) >= 11 is 1.69. The number of furan rings is 1. The van der Waals surface area contributed by atoms with Crippen LogP contribution in [0, 0.1) is 0 Å². The van der Waals surface area contributed by atoms with E-state index in [0.717, 1.165) is 0 Å². The van der Waals surface area contributed by atoms with Crippen LogP contribution in [0.1, 0.15) is 28.4 Å². The van der Waals surface area contributed by atoms with Gasteiger partial charge in [0.25, 0.3) is 5.19 Å². The normalized spacial score (nSPS) is 15.7. The number of nitrogens with zero attached hydrogens (tertiary/aromatic N) is 4. The minimum absolute atomic E-state index is 0.00287. The van der Waals surface area contributed by atoms with Crippen molar-refractivity contribution in [3.8, 4) is 28.1 Å². The van der Waals surface area contributed by atoms with Crippen molar-refractivity contribution >= 4 is 38.6 Å². The third-order valence-corrected chi connectivity index (χ3v) is 8.52. The molecule has 0 aliphatic carbocycles. The molecule has 1 aliphatic rings. The summed E-state index contributed by atoms with van der Waals surface area (Å²) < 4.78 is 70.9. The molecule has 0 unspecified atom stereocenters. The number of fused-ring (bicyclic) bond motifs is 2. The fourth-order valence-corrected chi connectivity index (χ4v) is 6.05. The molecule has 15 heteroatoms. The van der Waals surface area contributed by atoms with Gasteiger partial charge in [0.05, 0.1) is 25.8 Å². The molecule has 6 rings (SSSR count). The van der Waals surface area contributed by atoms with E-state index in [1.165, 1.54) is 25.6 Å². The van der Waals surface area contributed by atoms with E-state index in [2.05, 4.69) is 15.1 Å². The van der Waals surface area contributed by atoms with E-state index in [1.54, 1.807) is 28.9 Å². The summed E-state index contributed by atoms with van der Waals surface area (Å²) in [7, 11) is 2.98. The number of methoxy groups -OCH3 is 2. The fraction of sp³-hybridized carbons (Fsp3) is 0.375. The highest BCUT2D eigenvalue weighted by atomic mass is 32.1. The molecule has 39 heavy (non-hydrogen) atoms. The van der Waals surface area contributed by atoms with E-state index in [-0.39, 0.29) is 42.5 Å². The molecule has 4 aromatic heterocycles. The molecule has 0 bridgehead atoms. The topological polar surface area (TPSA) is 113 Å². The number of benzene rings is 1. The Morgan fingerprint density at radius 1 is 1.10 bits per heavy atom. The van der Waals surface area contributed by atoms with Gasteiger partial charge in [-0.1, -0.05) is 0 Å². The molecule has 5 heterocycles. The molecule has 0 saturated carbocycles. The van der Waals surface area contributed by atoms with E-state index < -0.39 is 23.3 Å². The SMILES string of the molecule is COc1cc(OCc2nc(C3(O)CCOCC3)sc2C(F)(F)F)c2cc(-c3cn4nc(OC)sc4n3)oc2c1. The lowest BCUT2D eigenvalue weighted by molar-refractivity contribution is -0.135. The minimum atomic E-state index is -4.66. The maximum Gasteiger partial charge on any atom is 0.427 e. The lowest BCUT2D eigenvalue weighted by Crippen LogP contribution is -2.33. The second-order valence-electron chi connectivity index (χ2n) is 8.80. The first-order valence-electron chi connectivity index (χ1n) is 11.7. The quantitative estimate of drug-likeness (QED) is 0.274. The van der Waals surface area contributed by atoms with Gasteiger partial charge < -0.3 is 28.5 Å². The van der Waals surface area contributed by atoms with Gasteiger partial charge in [0.2, 0.25) is 4.96 Å². The monoisotopic (exact) mass is 582 g/mol. The molecule has 1 N–H and O–H groups in total. The zero-order chi connectivity index (χ0) is 27.4. The molecule has 1 saturated heterocycles. The third kappa shape index (κ3) is 4.79. The molecule has 0 radical (unpaired) electrons.